The van der Waals surface area contributed by atoms with Gasteiger partial charge in [0.05, 0.1) is 22.5 Å². The molecule has 2 aromatic heterocycles. The van der Waals surface area contributed by atoms with Gasteiger partial charge in [-0.1, -0.05) is 26.0 Å². The van der Waals surface area contributed by atoms with Crippen LogP contribution in [0.15, 0.2) is 24.3 Å². The normalized spacial score (nSPS) is 11.4. The first-order valence-corrected chi connectivity index (χ1v) is 9.89. The fourth-order valence-corrected chi connectivity index (χ4v) is 4.02. The van der Waals surface area contributed by atoms with Crippen molar-refractivity contribution in [1.29, 1.82) is 0 Å². The molecule has 0 spiro atoms. The summed E-state index contributed by atoms with van der Waals surface area (Å²) in [6.45, 7) is 9.89. The topological polar surface area (TPSA) is 59.8 Å². The van der Waals surface area contributed by atoms with E-state index in [1.54, 1.807) is 11.3 Å². The predicted molar refractivity (Wildman–Crippen MR) is 106 cm³/mol. The molecule has 138 valence electrons. The highest BCUT2D eigenvalue weighted by Gasteiger charge is 2.14. The van der Waals surface area contributed by atoms with Crippen molar-refractivity contribution < 1.29 is 4.79 Å². The van der Waals surface area contributed by atoms with Crippen LogP contribution in [0.1, 0.15) is 42.2 Å². The molecule has 0 saturated carbocycles. The number of hydrogen-bond acceptors (Lipinski definition) is 4. The monoisotopic (exact) mass is 370 g/mol. The number of benzene rings is 1. The molecule has 0 atom stereocenters. The van der Waals surface area contributed by atoms with Crippen LogP contribution in [-0.4, -0.2) is 20.7 Å². The Morgan fingerprint density at radius 1 is 1.27 bits per heavy atom. The smallest absolute Gasteiger partial charge is 0.220 e. The van der Waals surface area contributed by atoms with Gasteiger partial charge >= 0.3 is 0 Å². The van der Waals surface area contributed by atoms with Crippen molar-refractivity contribution in [3.63, 3.8) is 0 Å². The number of para-hydroxylation sites is 1. The minimum Gasteiger partial charge on any atom is -0.350 e. The van der Waals surface area contributed by atoms with E-state index in [-0.39, 0.29) is 5.91 Å². The fraction of sp³-hybridized carbons (Fsp3) is 0.450. The van der Waals surface area contributed by atoms with E-state index < -0.39 is 0 Å². The molecular weight excluding hydrogens is 344 g/mol. The fourth-order valence-electron chi connectivity index (χ4n) is 3.12. The molecule has 2 heterocycles. The van der Waals surface area contributed by atoms with Gasteiger partial charge in [-0.05, 0) is 43.9 Å². The molecule has 3 rings (SSSR count). The average Bonchev–Trinajstić information content (AvgIpc) is 3.12. The van der Waals surface area contributed by atoms with E-state index in [1.807, 2.05) is 25.1 Å². The summed E-state index contributed by atoms with van der Waals surface area (Å²) in [5, 5.41) is 8.55. The molecule has 0 bridgehead atoms. The van der Waals surface area contributed by atoms with Crippen LogP contribution in [0.5, 0.6) is 0 Å². The molecule has 1 amide bonds. The van der Waals surface area contributed by atoms with Crippen LogP contribution in [0.2, 0.25) is 0 Å². The molecule has 0 unspecified atom stereocenters. The molecule has 26 heavy (non-hydrogen) atoms. The summed E-state index contributed by atoms with van der Waals surface area (Å²) in [7, 11) is 0. The first kappa shape index (κ1) is 18.6. The van der Waals surface area contributed by atoms with Crippen LogP contribution in [0.4, 0.5) is 0 Å². The van der Waals surface area contributed by atoms with E-state index in [1.165, 1.54) is 11.3 Å². The highest BCUT2D eigenvalue weighted by molar-refractivity contribution is 7.18. The maximum Gasteiger partial charge on any atom is 0.220 e. The van der Waals surface area contributed by atoms with Gasteiger partial charge in [0.2, 0.25) is 5.91 Å². The Bertz CT molecular complexity index is 877. The Kier molecular flexibility index (Phi) is 5.71. The van der Waals surface area contributed by atoms with Gasteiger partial charge < -0.3 is 5.32 Å². The van der Waals surface area contributed by atoms with E-state index in [4.69, 9.17) is 0 Å². The number of amides is 1. The third kappa shape index (κ3) is 4.30. The standard InChI is InChI=1S/C20H26N4OS/c1-13(2)12-24-15(4)16(14(3)23-24)9-10-19(25)21-11-20-22-17-7-5-6-8-18(17)26-20/h5-8,13H,9-12H2,1-4H3,(H,21,25). The summed E-state index contributed by atoms with van der Waals surface area (Å²) in [5.74, 6) is 0.609. The first-order valence-electron chi connectivity index (χ1n) is 9.08. The van der Waals surface area contributed by atoms with E-state index in [2.05, 4.69) is 46.9 Å². The lowest BCUT2D eigenvalue weighted by Crippen LogP contribution is -2.23. The lowest BCUT2D eigenvalue weighted by Gasteiger charge is -2.08. The molecule has 0 saturated heterocycles. The Labute approximate surface area is 158 Å². The van der Waals surface area contributed by atoms with Gasteiger partial charge in [0, 0.05) is 18.7 Å². The summed E-state index contributed by atoms with van der Waals surface area (Å²) >= 11 is 1.63. The van der Waals surface area contributed by atoms with Crippen LogP contribution in [0.25, 0.3) is 10.2 Å². The predicted octanol–water partition coefficient (Wildman–Crippen LogP) is 4.01. The van der Waals surface area contributed by atoms with Gasteiger partial charge in [-0.2, -0.15) is 5.10 Å². The third-order valence-corrected chi connectivity index (χ3v) is 5.48. The van der Waals surface area contributed by atoms with Gasteiger partial charge in [-0.15, -0.1) is 11.3 Å². The summed E-state index contributed by atoms with van der Waals surface area (Å²) in [6, 6.07) is 8.04. The van der Waals surface area contributed by atoms with Crippen LogP contribution in [0.3, 0.4) is 0 Å². The van der Waals surface area contributed by atoms with E-state index >= 15 is 0 Å². The summed E-state index contributed by atoms with van der Waals surface area (Å²) in [4.78, 5) is 16.8. The largest absolute Gasteiger partial charge is 0.350 e. The van der Waals surface area contributed by atoms with Crippen LogP contribution < -0.4 is 5.32 Å². The number of aryl methyl sites for hydroxylation is 1. The average molecular weight is 371 g/mol. The summed E-state index contributed by atoms with van der Waals surface area (Å²) in [6.07, 6.45) is 1.20. The molecule has 0 aliphatic rings. The van der Waals surface area contributed by atoms with E-state index in [0.29, 0.717) is 18.9 Å². The van der Waals surface area contributed by atoms with Crippen LogP contribution in [0, 0.1) is 19.8 Å². The minimum atomic E-state index is 0.0552. The van der Waals surface area contributed by atoms with Gasteiger partial charge in [0.25, 0.3) is 0 Å². The number of nitrogens with zero attached hydrogens (tertiary/aromatic N) is 3. The van der Waals surface area contributed by atoms with Crippen molar-refractivity contribution in [2.45, 2.75) is 53.6 Å². The lowest BCUT2D eigenvalue weighted by molar-refractivity contribution is -0.121. The molecule has 1 N–H and O–H groups in total. The number of rotatable bonds is 7. The Hall–Kier alpha value is -2.21. The molecule has 0 aliphatic heterocycles. The van der Waals surface area contributed by atoms with E-state index in [0.717, 1.165) is 33.9 Å². The highest BCUT2D eigenvalue weighted by atomic mass is 32.1. The third-order valence-electron chi connectivity index (χ3n) is 4.45. The highest BCUT2D eigenvalue weighted by Crippen LogP contribution is 2.21. The van der Waals surface area contributed by atoms with Gasteiger partial charge in [-0.3, -0.25) is 9.48 Å². The number of hydrogen-bond donors (Lipinski definition) is 1. The first-order chi connectivity index (χ1) is 12.4. The zero-order valence-electron chi connectivity index (χ0n) is 15.9. The zero-order valence-corrected chi connectivity index (χ0v) is 16.7. The van der Waals surface area contributed by atoms with Gasteiger partial charge in [0.1, 0.15) is 5.01 Å². The van der Waals surface area contributed by atoms with Crippen LogP contribution >= 0.6 is 11.3 Å². The number of carbonyl (C=O) groups is 1. The minimum absolute atomic E-state index is 0.0552. The van der Waals surface area contributed by atoms with Crippen LogP contribution in [-0.2, 0) is 24.3 Å². The maximum absolute atomic E-state index is 12.3. The van der Waals surface area contributed by atoms with Crippen molar-refractivity contribution in [2.24, 2.45) is 5.92 Å². The lowest BCUT2D eigenvalue weighted by atomic mass is 10.1. The summed E-state index contributed by atoms with van der Waals surface area (Å²) < 4.78 is 3.22. The van der Waals surface area contributed by atoms with Crippen molar-refractivity contribution in [3.8, 4) is 0 Å². The quantitative estimate of drug-likeness (QED) is 0.683. The number of nitrogens with one attached hydrogen (secondary N) is 1. The number of thiazole rings is 1. The molecule has 3 aromatic rings. The van der Waals surface area contributed by atoms with Crippen molar-refractivity contribution in [2.75, 3.05) is 0 Å². The number of carbonyl (C=O) groups excluding carboxylic acids is 1. The molecule has 0 aliphatic carbocycles. The molecule has 1 aromatic carbocycles. The van der Waals surface area contributed by atoms with Crippen molar-refractivity contribution in [1.82, 2.24) is 20.1 Å². The summed E-state index contributed by atoms with van der Waals surface area (Å²) in [5.41, 5.74) is 4.39. The Morgan fingerprint density at radius 3 is 2.77 bits per heavy atom. The Balaban J connectivity index is 1.55. The van der Waals surface area contributed by atoms with Crippen molar-refractivity contribution in [3.05, 3.63) is 46.2 Å². The molecule has 0 radical (unpaired) electrons. The zero-order chi connectivity index (χ0) is 18.7. The number of aromatic nitrogens is 3. The SMILES string of the molecule is Cc1nn(CC(C)C)c(C)c1CCC(=O)NCc1nc2ccccc2s1. The number of fused-ring (bicyclic) bond motifs is 1. The maximum atomic E-state index is 12.3. The molecule has 0 fully saturated rings. The molecule has 5 nitrogen and oxygen atoms in total. The van der Waals surface area contributed by atoms with E-state index in [9.17, 15) is 4.79 Å². The van der Waals surface area contributed by atoms with Gasteiger partial charge in [-0.25, -0.2) is 4.98 Å². The second-order valence-electron chi connectivity index (χ2n) is 7.08. The second-order valence-corrected chi connectivity index (χ2v) is 8.19. The van der Waals surface area contributed by atoms with Crippen molar-refractivity contribution >= 4 is 27.5 Å². The van der Waals surface area contributed by atoms with Gasteiger partial charge in [0.15, 0.2) is 0 Å². The molecule has 6 heteroatoms. The molecular formula is C20H26N4OS. The Morgan fingerprint density at radius 2 is 2.04 bits per heavy atom. The second kappa shape index (κ2) is 7.99.